The summed E-state index contributed by atoms with van der Waals surface area (Å²) in [7, 11) is 1.90. The van der Waals surface area contributed by atoms with Crippen LogP contribution in [0.3, 0.4) is 0 Å². The molecule has 0 atom stereocenters. The van der Waals surface area contributed by atoms with Crippen LogP contribution in [-0.4, -0.2) is 6.18 Å². The van der Waals surface area contributed by atoms with Gasteiger partial charge in [0.05, 0.1) is 5.39 Å². The highest BCUT2D eigenvalue weighted by atomic mass is 19.4. The molecule has 0 saturated heterocycles. The second-order valence-electron chi connectivity index (χ2n) is 8.16. The number of fused-ring (bicyclic) bond motifs is 1. The van der Waals surface area contributed by atoms with Gasteiger partial charge in [0.2, 0.25) is 11.2 Å². The summed E-state index contributed by atoms with van der Waals surface area (Å²) in [6.07, 6.45) is -4.48. The average molecular weight is 418 g/mol. The molecule has 0 N–H and O–H groups in total. The van der Waals surface area contributed by atoms with E-state index >= 15 is 4.39 Å². The number of pyridine rings is 1. The van der Waals surface area contributed by atoms with Gasteiger partial charge < -0.3 is 0 Å². The molecule has 2 aromatic carbocycles. The SMILES string of the molecule is CCCc1c(F)c(CCC(F)(F)F)cc2c1ccc(-c1cc(C)cc(C)c1C)[n+]2C. The van der Waals surface area contributed by atoms with E-state index in [0.29, 0.717) is 12.0 Å². The number of halogens is 4. The number of nitrogens with zero attached hydrogens (tertiary/aromatic N) is 1. The van der Waals surface area contributed by atoms with Gasteiger partial charge in [0.1, 0.15) is 12.9 Å². The molecule has 0 spiro atoms. The van der Waals surface area contributed by atoms with Crippen molar-refractivity contribution in [1.29, 1.82) is 0 Å². The van der Waals surface area contributed by atoms with E-state index in [1.165, 1.54) is 5.56 Å². The molecule has 30 heavy (non-hydrogen) atoms. The molecule has 0 aliphatic heterocycles. The smallest absolute Gasteiger partial charge is 0.206 e. The first-order valence-electron chi connectivity index (χ1n) is 10.3. The zero-order valence-corrected chi connectivity index (χ0v) is 18.2. The van der Waals surface area contributed by atoms with Gasteiger partial charge in [0.15, 0.2) is 0 Å². The third-order valence-electron chi connectivity index (χ3n) is 5.85. The molecule has 0 fully saturated rings. The van der Waals surface area contributed by atoms with Crippen molar-refractivity contribution in [2.75, 3.05) is 0 Å². The minimum Gasteiger partial charge on any atom is -0.206 e. The lowest BCUT2D eigenvalue weighted by Gasteiger charge is -2.14. The molecule has 1 nitrogen and oxygen atoms in total. The number of rotatable bonds is 5. The van der Waals surface area contributed by atoms with E-state index in [2.05, 4.69) is 26.0 Å². The first kappa shape index (κ1) is 22.3. The van der Waals surface area contributed by atoms with Crippen LogP contribution in [0.25, 0.3) is 22.2 Å². The quantitative estimate of drug-likeness (QED) is 0.315. The second kappa shape index (κ2) is 8.37. The van der Waals surface area contributed by atoms with Gasteiger partial charge in [-0.05, 0) is 62.4 Å². The lowest BCUT2D eigenvalue weighted by atomic mass is 9.94. The zero-order chi connectivity index (χ0) is 22.2. The van der Waals surface area contributed by atoms with E-state index in [0.717, 1.165) is 39.7 Å². The fourth-order valence-electron chi connectivity index (χ4n) is 4.17. The van der Waals surface area contributed by atoms with Crippen molar-refractivity contribution >= 4 is 10.9 Å². The van der Waals surface area contributed by atoms with Crippen LogP contribution >= 0.6 is 0 Å². The van der Waals surface area contributed by atoms with Crippen LogP contribution in [0.1, 0.15) is 47.6 Å². The minimum absolute atomic E-state index is 0.133. The van der Waals surface area contributed by atoms with Crippen molar-refractivity contribution < 1.29 is 22.1 Å². The zero-order valence-electron chi connectivity index (χ0n) is 18.2. The summed E-state index contributed by atoms with van der Waals surface area (Å²) in [6, 6.07) is 9.73. The Hall–Kier alpha value is -2.43. The second-order valence-corrected chi connectivity index (χ2v) is 8.16. The van der Waals surface area contributed by atoms with Gasteiger partial charge in [-0.3, -0.25) is 0 Å². The maximum Gasteiger partial charge on any atom is 0.389 e. The summed E-state index contributed by atoms with van der Waals surface area (Å²) in [4.78, 5) is 0. The molecule has 5 heteroatoms. The van der Waals surface area contributed by atoms with Crippen LogP contribution in [0.2, 0.25) is 0 Å². The van der Waals surface area contributed by atoms with Gasteiger partial charge in [0, 0.05) is 29.7 Å². The first-order valence-corrected chi connectivity index (χ1v) is 10.3. The van der Waals surface area contributed by atoms with Crippen LogP contribution in [0, 0.1) is 26.6 Å². The van der Waals surface area contributed by atoms with Gasteiger partial charge in [-0.15, -0.1) is 0 Å². The highest BCUT2D eigenvalue weighted by Gasteiger charge is 2.29. The van der Waals surface area contributed by atoms with Crippen LogP contribution in [0.15, 0.2) is 30.3 Å². The maximum atomic E-state index is 15.1. The summed E-state index contributed by atoms with van der Waals surface area (Å²) >= 11 is 0. The van der Waals surface area contributed by atoms with E-state index in [4.69, 9.17) is 0 Å². The van der Waals surface area contributed by atoms with Crippen LogP contribution in [0.4, 0.5) is 17.6 Å². The first-order chi connectivity index (χ1) is 14.0. The van der Waals surface area contributed by atoms with Crippen molar-refractivity contribution in [2.24, 2.45) is 7.05 Å². The predicted molar refractivity (Wildman–Crippen MR) is 113 cm³/mol. The van der Waals surface area contributed by atoms with Gasteiger partial charge >= 0.3 is 6.18 Å². The molecule has 160 valence electrons. The minimum atomic E-state index is -4.31. The predicted octanol–water partition coefficient (Wildman–Crippen LogP) is 6.84. The number of aryl methyl sites for hydroxylation is 5. The van der Waals surface area contributed by atoms with Crippen LogP contribution in [0.5, 0.6) is 0 Å². The Labute approximate surface area is 175 Å². The van der Waals surface area contributed by atoms with Crippen LogP contribution < -0.4 is 4.57 Å². The van der Waals surface area contributed by atoms with Crippen molar-refractivity contribution in [3.63, 3.8) is 0 Å². The summed E-state index contributed by atoms with van der Waals surface area (Å²) < 4.78 is 55.5. The van der Waals surface area contributed by atoms with Crippen molar-refractivity contribution in [3.05, 3.63) is 64.0 Å². The Morgan fingerprint density at radius 2 is 1.67 bits per heavy atom. The lowest BCUT2D eigenvalue weighted by Crippen LogP contribution is -2.33. The highest BCUT2D eigenvalue weighted by molar-refractivity contribution is 5.83. The molecule has 0 unspecified atom stereocenters. The van der Waals surface area contributed by atoms with Gasteiger partial charge in [0.25, 0.3) is 0 Å². The lowest BCUT2D eigenvalue weighted by molar-refractivity contribution is -0.633. The average Bonchev–Trinajstić information content (AvgIpc) is 2.65. The fraction of sp³-hybridized carbons (Fsp3) is 0.400. The monoisotopic (exact) mass is 418 g/mol. The molecule has 0 amide bonds. The Morgan fingerprint density at radius 3 is 2.30 bits per heavy atom. The summed E-state index contributed by atoms with van der Waals surface area (Å²) in [6.45, 7) is 8.12. The molecule has 3 rings (SSSR count). The van der Waals surface area contributed by atoms with E-state index in [9.17, 15) is 13.2 Å². The molecule has 0 bridgehead atoms. The standard InChI is InChI=1S/C25H28F4N/c1-6-7-20-19-8-9-22(21-13-15(2)12-16(3)17(21)4)30(5)23(19)14-18(24(20)26)10-11-25(27,28)29/h8-9,12-14H,6-7,10-11H2,1-5H3/q+1. The summed E-state index contributed by atoms with van der Waals surface area (Å²) in [5, 5.41) is 0.762. The Kier molecular flexibility index (Phi) is 6.21. The molecule has 0 radical (unpaired) electrons. The number of benzene rings is 2. The van der Waals surface area contributed by atoms with Gasteiger partial charge in [-0.1, -0.05) is 25.0 Å². The number of aromatic nitrogens is 1. The van der Waals surface area contributed by atoms with Crippen molar-refractivity contribution in [2.45, 2.75) is 59.6 Å². The number of hydrogen-bond donors (Lipinski definition) is 0. The van der Waals surface area contributed by atoms with E-state index < -0.39 is 18.4 Å². The Morgan fingerprint density at radius 1 is 0.967 bits per heavy atom. The molecular weight excluding hydrogens is 390 g/mol. The highest BCUT2D eigenvalue weighted by Crippen LogP contribution is 2.31. The summed E-state index contributed by atoms with van der Waals surface area (Å²) in [5.74, 6) is -0.496. The molecule has 0 aliphatic carbocycles. The Balaban J connectivity index is 2.26. The maximum absolute atomic E-state index is 15.1. The topological polar surface area (TPSA) is 3.88 Å². The number of alkyl halides is 3. The summed E-state index contributed by atoms with van der Waals surface area (Å²) in [5.41, 5.74) is 6.92. The third-order valence-corrected chi connectivity index (χ3v) is 5.85. The molecule has 1 heterocycles. The van der Waals surface area contributed by atoms with E-state index in [-0.39, 0.29) is 12.0 Å². The van der Waals surface area contributed by atoms with Crippen molar-refractivity contribution in [1.82, 2.24) is 0 Å². The molecule has 3 aromatic rings. The van der Waals surface area contributed by atoms with E-state index in [1.807, 2.05) is 37.6 Å². The van der Waals surface area contributed by atoms with Crippen molar-refractivity contribution in [3.8, 4) is 11.3 Å². The van der Waals surface area contributed by atoms with E-state index in [1.54, 1.807) is 6.07 Å². The molecular formula is C25H28F4N+. The molecule has 0 aliphatic rings. The number of hydrogen-bond acceptors (Lipinski definition) is 0. The largest absolute Gasteiger partial charge is 0.389 e. The van der Waals surface area contributed by atoms with Gasteiger partial charge in [-0.25, -0.2) is 4.39 Å². The molecule has 1 aromatic heterocycles. The fourth-order valence-corrected chi connectivity index (χ4v) is 4.17. The third kappa shape index (κ3) is 4.35. The van der Waals surface area contributed by atoms with Gasteiger partial charge in [-0.2, -0.15) is 17.7 Å². The van der Waals surface area contributed by atoms with Crippen LogP contribution in [-0.2, 0) is 19.9 Å². The Bertz CT molecular complexity index is 1100. The molecule has 0 saturated carbocycles. The normalized spacial score (nSPS) is 12.0.